The van der Waals surface area contributed by atoms with Gasteiger partial charge in [0.1, 0.15) is 6.61 Å². The first-order valence-electron chi connectivity index (χ1n) is 6.75. The average molecular weight is 273 g/mol. The van der Waals surface area contributed by atoms with Crippen molar-refractivity contribution in [3.8, 4) is 5.88 Å². The lowest BCUT2D eigenvalue weighted by Gasteiger charge is -2.11. The van der Waals surface area contributed by atoms with Gasteiger partial charge in [-0.1, -0.05) is 30.3 Å². The molecule has 2 heterocycles. The summed E-state index contributed by atoms with van der Waals surface area (Å²) in [6.45, 7) is 2.03. The summed E-state index contributed by atoms with van der Waals surface area (Å²) >= 11 is 0. The second-order valence-corrected chi connectivity index (χ2v) is 4.75. The minimum atomic E-state index is -0.714. The van der Waals surface area contributed by atoms with E-state index >= 15 is 0 Å². The number of hydrogen-bond acceptors (Lipinski definition) is 4. The van der Waals surface area contributed by atoms with E-state index in [0.29, 0.717) is 18.9 Å². The molecule has 0 fully saturated rings. The van der Waals surface area contributed by atoms with E-state index in [4.69, 9.17) is 4.74 Å². The zero-order valence-corrected chi connectivity index (χ0v) is 11.1. The summed E-state index contributed by atoms with van der Waals surface area (Å²) < 4.78 is 19.2. The van der Waals surface area contributed by atoms with Crippen molar-refractivity contribution < 1.29 is 9.13 Å². The smallest absolute Gasteiger partial charge is 0.312 e. The molecular formula is C15H16FN3O. The summed E-state index contributed by atoms with van der Waals surface area (Å²) in [6.07, 6.45) is 0.754. The first-order chi connectivity index (χ1) is 9.83. The third kappa shape index (κ3) is 2.93. The molecule has 3 rings (SSSR count). The van der Waals surface area contributed by atoms with E-state index in [1.807, 2.05) is 30.3 Å². The SMILES string of the molecule is Fc1nc2c(c(OCc3ccccc3)n1)CCNCC2. The standard InChI is InChI=1S/C15H16FN3O/c16-15-18-13-7-9-17-8-6-12(13)14(19-15)20-10-11-4-2-1-3-5-11/h1-5,17H,6-10H2. The molecule has 1 aliphatic heterocycles. The Balaban J connectivity index is 1.83. The Labute approximate surface area is 117 Å². The van der Waals surface area contributed by atoms with E-state index in [1.54, 1.807) is 0 Å². The number of rotatable bonds is 3. The normalized spacial score (nSPS) is 14.4. The third-order valence-corrected chi connectivity index (χ3v) is 3.34. The maximum atomic E-state index is 13.5. The Morgan fingerprint density at radius 3 is 2.75 bits per heavy atom. The van der Waals surface area contributed by atoms with Crippen LogP contribution in [-0.2, 0) is 19.4 Å². The maximum absolute atomic E-state index is 13.5. The Morgan fingerprint density at radius 1 is 1.10 bits per heavy atom. The average Bonchev–Trinajstić information content (AvgIpc) is 2.71. The minimum Gasteiger partial charge on any atom is -0.472 e. The highest BCUT2D eigenvalue weighted by atomic mass is 19.1. The predicted molar refractivity (Wildman–Crippen MR) is 73.0 cm³/mol. The van der Waals surface area contributed by atoms with E-state index in [9.17, 15) is 4.39 Å². The lowest BCUT2D eigenvalue weighted by Crippen LogP contribution is -2.16. The van der Waals surface area contributed by atoms with Crippen molar-refractivity contribution in [3.63, 3.8) is 0 Å². The number of nitrogens with zero attached hydrogens (tertiary/aromatic N) is 2. The van der Waals surface area contributed by atoms with Gasteiger partial charge in [-0.15, -0.1) is 0 Å². The fourth-order valence-electron chi connectivity index (χ4n) is 2.33. The van der Waals surface area contributed by atoms with Crippen LogP contribution in [0.5, 0.6) is 5.88 Å². The van der Waals surface area contributed by atoms with Crippen molar-refractivity contribution in [2.45, 2.75) is 19.4 Å². The van der Waals surface area contributed by atoms with Crippen LogP contribution in [0.4, 0.5) is 4.39 Å². The van der Waals surface area contributed by atoms with Gasteiger partial charge in [-0.3, -0.25) is 0 Å². The molecule has 0 saturated heterocycles. The molecular weight excluding hydrogens is 257 g/mol. The summed E-state index contributed by atoms with van der Waals surface area (Å²) in [5.74, 6) is 0.375. The number of aromatic nitrogens is 2. The molecule has 20 heavy (non-hydrogen) atoms. The molecule has 104 valence electrons. The van der Waals surface area contributed by atoms with Gasteiger partial charge in [-0.05, 0) is 18.5 Å². The van der Waals surface area contributed by atoms with Crippen LogP contribution in [0.2, 0.25) is 0 Å². The van der Waals surface area contributed by atoms with Gasteiger partial charge in [-0.25, -0.2) is 4.98 Å². The van der Waals surface area contributed by atoms with Crippen molar-refractivity contribution in [1.82, 2.24) is 15.3 Å². The molecule has 2 aromatic rings. The Bertz CT molecular complexity index is 589. The van der Waals surface area contributed by atoms with Gasteiger partial charge < -0.3 is 10.1 Å². The summed E-state index contributed by atoms with van der Waals surface area (Å²) in [7, 11) is 0. The van der Waals surface area contributed by atoms with Gasteiger partial charge >= 0.3 is 6.08 Å². The van der Waals surface area contributed by atoms with Crippen molar-refractivity contribution in [3.05, 3.63) is 53.2 Å². The molecule has 0 amide bonds. The van der Waals surface area contributed by atoms with Crippen LogP contribution in [0.15, 0.2) is 30.3 Å². The molecule has 1 aromatic heterocycles. The van der Waals surface area contributed by atoms with Gasteiger partial charge in [0.25, 0.3) is 0 Å². The quantitative estimate of drug-likeness (QED) is 0.867. The molecule has 0 unspecified atom stereocenters. The second kappa shape index (κ2) is 5.96. The monoisotopic (exact) mass is 273 g/mol. The van der Waals surface area contributed by atoms with E-state index < -0.39 is 6.08 Å². The molecule has 0 spiro atoms. The van der Waals surface area contributed by atoms with E-state index in [0.717, 1.165) is 36.3 Å². The van der Waals surface area contributed by atoms with Crippen molar-refractivity contribution in [2.24, 2.45) is 0 Å². The highest BCUT2D eigenvalue weighted by Crippen LogP contribution is 2.22. The predicted octanol–water partition coefficient (Wildman–Crippen LogP) is 1.88. The number of ether oxygens (including phenoxy) is 1. The van der Waals surface area contributed by atoms with Crippen molar-refractivity contribution in [2.75, 3.05) is 13.1 Å². The maximum Gasteiger partial charge on any atom is 0.312 e. The van der Waals surface area contributed by atoms with Gasteiger partial charge in [0.05, 0.1) is 5.69 Å². The molecule has 0 aliphatic carbocycles. The number of benzene rings is 1. The van der Waals surface area contributed by atoms with Crippen LogP contribution < -0.4 is 10.1 Å². The largest absolute Gasteiger partial charge is 0.472 e. The molecule has 1 aliphatic rings. The second-order valence-electron chi connectivity index (χ2n) is 4.75. The van der Waals surface area contributed by atoms with Gasteiger partial charge in [-0.2, -0.15) is 9.37 Å². The summed E-state index contributed by atoms with van der Waals surface area (Å²) in [4.78, 5) is 7.71. The van der Waals surface area contributed by atoms with Gasteiger partial charge in [0, 0.05) is 18.5 Å². The highest BCUT2D eigenvalue weighted by Gasteiger charge is 2.17. The zero-order valence-electron chi connectivity index (χ0n) is 11.1. The summed E-state index contributed by atoms with van der Waals surface area (Å²) in [5.41, 5.74) is 2.71. The van der Waals surface area contributed by atoms with E-state index in [1.165, 1.54) is 0 Å². The number of hydrogen-bond donors (Lipinski definition) is 1. The molecule has 0 bridgehead atoms. The van der Waals surface area contributed by atoms with E-state index in [-0.39, 0.29) is 0 Å². The van der Waals surface area contributed by atoms with Crippen LogP contribution in [0, 0.1) is 6.08 Å². The first-order valence-corrected chi connectivity index (χ1v) is 6.75. The summed E-state index contributed by atoms with van der Waals surface area (Å²) in [5, 5.41) is 3.27. The Hall–Kier alpha value is -2.01. The highest BCUT2D eigenvalue weighted by molar-refractivity contribution is 5.32. The zero-order chi connectivity index (χ0) is 13.8. The van der Waals surface area contributed by atoms with E-state index in [2.05, 4.69) is 15.3 Å². The molecule has 5 heteroatoms. The molecule has 0 saturated carbocycles. The lowest BCUT2D eigenvalue weighted by molar-refractivity contribution is 0.282. The third-order valence-electron chi connectivity index (χ3n) is 3.34. The van der Waals surface area contributed by atoms with Crippen LogP contribution in [0.1, 0.15) is 16.8 Å². The fourth-order valence-corrected chi connectivity index (χ4v) is 2.33. The minimum absolute atomic E-state index is 0.375. The molecule has 0 atom stereocenters. The molecule has 1 aromatic carbocycles. The Morgan fingerprint density at radius 2 is 1.90 bits per heavy atom. The lowest BCUT2D eigenvalue weighted by atomic mass is 10.1. The number of halogens is 1. The Kier molecular flexibility index (Phi) is 3.87. The van der Waals surface area contributed by atoms with Crippen LogP contribution in [0.3, 0.4) is 0 Å². The fraction of sp³-hybridized carbons (Fsp3) is 0.333. The first kappa shape index (κ1) is 13.0. The molecule has 0 radical (unpaired) electrons. The van der Waals surface area contributed by atoms with Gasteiger partial charge in [0.2, 0.25) is 5.88 Å². The van der Waals surface area contributed by atoms with Crippen molar-refractivity contribution in [1.29, 1.82) is 0 Å². The topological polar surface area (TPSA) is 47.0 Å². The summed E-state index contributed by atoms with van der Waals surface area (Å²) in [6, 6.07) is 9.79. The number of fused-ring (bicyclic) bond motifs is 1. The number of nitrogens with one attached hydrogen (secondary N) is 1. The van der Waals surface area contributed by atoms with Crippen molar-refractivity contribution >= 4 is 0 Å². The molecule has 1 N–H and O–H groups in total. The van der Waals surface area contributed by atoms with Gasteiger partial charge in [0.15, 0.2) is 0 Å². The van der Waals surface area contributed by atoms with Crippen LogP contribution in [-0.4, -0.2) is 23.1 Å². The van der Waals surface area contributed by atoms with Crippen LogP contribution in [0.25, 0.3) is 0 Å². The van der Waals surface area contributed by atoms with Crippen LogP contribution >= 0.6 is 0 Å². The molecule has 4 nitrogen and oxygen atoms in total.